The van der Waals surface area contributed by atoms with Crippen LogP contribution in [-0.4, -0.2) is 11.1 Å². The van der Waals surface area contributed by atoms with Gasteiger partial charge < -0.3 is 10.8 Å². The van der Waals surface area contributed by atoms with Crippen LogP contribution in [0.5, 0.6) is 0 Å². The second kappa shape index (κ2) is 4.33. The Morgan fingerprint density at radius 1 is 1.36 bits per heavy atom. The maximum absolute atomic E-state index is 12.8. The molecule has 78 valence electrons. The molecule has 0 fully saturated rings. The number of aliphatic hydroxyl groups is 1. The van der Waals surface area contributed by atoms with E-state index >= 15 is 0 Å². The number of aliphatic hydroxyl groups excluding tert-OH is 1. The molecule has 0 heterocycles. The molecule has 0 spiro atoms. The minimum atomic E-state index is -1.01. The zero-order chi connectivity index (χ0) is 10.9. The average molecular weight is 266 g/mol. The van der Waals surface area contributed by atoms with E-state index in [1.165, 1.54) is 0 Å². The van der Waals surface area contributed by atoms with E-state index in [2.05, 4.69) is 15.9 Å². The van der Waals surface area contributed by atoms with Gasteiger partial charge in [0.15, 0.2) is 11.6 Å². The summed E-state index contributed by atoms with van der Waals surface area (Å²) in [6, 6.07) is 1.36. The molecule has 1 aromatic carbocycles. The fourth-order valence-corrected chi connectivity index (χ4v) is 1.60. The number of halogens is 3. The highest BCUT2D eigenvalue weighted by Gasteiger charge is 2.18. The van der Waals surface area contributed by atoms with Crippen LogP contribution in [0, 0.1) is 11.6 Å². The zero-order valence-electron chi connectivity index (χ0n) is 7.47. The van der Waals surface area contributed by atoms with Gasteiger partial charge in [0, 0.05) is 10.5 Å². The molecule has 1 rings (SSSR count). The predicted molar refractivity (Wildman–Crippen MR) is 52.7 cm³/mol. The Bertz CT molecular complexity index is 344. The fraction of sp³-hybridized carbons (Fsp3) is 0.333. The van der Waals surface area contributed by atoms with Gasteiger partial charge in [0.05, 0.1) is 6.10 Å². The standard InChI is InChI=1S/C9H10BrF2NO/c1-4(13)9(14)5-2-7(11)8(12)3-6(5)10/h2-4,9,14H,13H2,1H3/t4-,9-/m0/s1. The molecule has 14 heavy (non-hydrogen) atoms. The first-order valence-electron chi connectivity index (χ1n) is 4.01. The largest absolute Gasteiger partial charge is 0.387 e. The van der Waals surface area contributed by atoms with Gasteiger partial charge in [-0.2, -0.15) is 0 Å². The van der Waals surface area contributed by atoms with Crippen molar-refractivity contribution < 1.29 is 13.9 Å². The van der Waals surface area contributed by atoms with Gasteiger partial charge in [0.1, 0.15) is 0 Å². The summed E-state index contributed by atoms with van der Waals surface area (Å²) in [6.07, 6.45) is -1.01. The molecule has 0 unspecified atom stereocenters. The lowest BCUT2D eigenvalue weighted by Crippen LogP contribution is -2.24. The van der Waals surface area contributed by atoms with Crippen molar-refractivity contribution in [2.75, 3.05) is 0 Å². The summed E-state index contributed by atoms with van der Waals surface area (Å²) in [7, 11) is 0. The summed E-state index contributed by atoms with van der Waals surface area (Å²) in [5.41, 5.74) is 5.69. The maximum Gasteiger partial charge on any atom is 0.159 e. The second-order valence-corrected chi connectivity index (χ2v) is 3.95. The third-order valence-electron chi connectivity index (χ3n) is 1.86. The Morgan fingerprint density at radius 2 is 1.86 bits per heavy atom. The Balaban J connectivity index is 3.15. The summed E-state index contributed by atoms with van der Waals surface area (Å²) in [5, 5.41) is 9.55. The van der Waals surface area contributed by atoms with E-state index in [0.717, 1.165) is 12.1 Å². The van der Waals surface area contributed by atoms with Crippen molar-refractivity contribution in [3.05, 3.63) is 33.8 Å². The van der Waals surface area contributed by atoms with Gasteiger partial charge >= 0.3 is 0 Å². The van der Waals surface area contributed by atoms with Crippen LogP contribution < -0.4 is 5.73 Å². The Hall–Kier alpha value is -0.520. The van der Waals surface area contributed by atoms with E-state index in [1.54, 1.807) is 6.92 Å². The molecule has 0 aliphatic heterocycles. The first-order chi connectivity index (χ1) is 6.43. The number of rotatable bonds is 2. The van der Waals surface area contributed by atoms with E-state index in [1.807, 2.05) is 0 Å². The quantitative estimate of drug-likeness (QED) is 0.805. The van der Waals surface area contributed by atoms with Gasteiger partial charge in [-0.25, -0.2) is 8.78 Å². The van der Waals surface area contributed by atoms with Crippen molar-refractivity contribution in [2.24, 2.45) is 5.73 Å². The molecule has 0 radical (unpaired) electrons. The highest BCUT2D eigenvalue weighted by molar-refractivity contribution is 9.10. The van der Waals surface area contributed by atoms with E-state index < -0.39 is 23.8 Å². The molecule has 0 aliphatic rings. The van der Waals surface area contributed by atoms with Crippen molar-refractivity contribution in [3.63, 3.8) is 0 Å². The van der Waals surface area contributed by atoms with Crippen LogP contribution in [0.25, 0.3) is 0 Å². The third kappa shape index (κ3) is 2.29. The van der Waals surface area contributed by atoms with E-state index in [0.29, 0.717) is 4.47 Å². The molecule has 0 aromatic heterocycles. The number of hydrogen-bond acceptors (Lipinski definition) is 2. The molecule has 3 N–H and O–H groups in total. The van der Waals surface area contributed by atoms with Crippen LogP contribution in [0.3, 0.4) is 0 Å². The fourth-order valence-electron chi connectivity index (χ4n) is 1.05. The summed E-state index contributed by atoms with van der Waals surface area (Å²) in [6.45, 7) is 1.58. The molecular weight excluding hydrogens is 256 g/mol. The summed E-state index contributed by atoms with van der Waals surface area (Å²) >= 11 is 3.03. The Morgan fingerprint density at radius 3 is 2.36 bits per heavy atom. The Kier molecular flexibility index (Phi) is 3.58. The predicted octanol–water partition coefficient (Wildman–Crippen LogP) is 2.11. The summed E-state index contributed by atoms with van der Waals surface area (Å²) < 4.78 is 25.8. The van der Waals surface area contributed by atoms with Crippen molar-refractivity contribution in [2.45, 2.75) is 19.1 Å². The topological polar surface area (TPSA) is 46.2 Å². The van der Waals surface area contributed by atoms with Crippen molar-refractivity contribution in [3.8, 4) is 0 Å². The third-order valence-corrected chi connectivity index (χ3v) is 2.54. The molecule has 0 bridgehead atoms. The number of nitrogens with two attached hydrogens (primary N) is 1. The lowest BCUT2D eigenvalue weighted by molar-refractivity contribution is 0.152. The van der Waals surface area contributed by atoms with Gasteiger partial charge in [0.25, 0.3) is 0 Å². The van der Waals surface area contributed by atoms with Gasteiger partial charge in [-0.15, -0.1) is 0 Å². The van der Waals surface area contributed by atoms with E-state index in [-0.39, 0.29) is 5.56 Å². The molecule has 2 atom stereocenters. The molecule has 1 aromatic rings. The van der Waals surface area contributed by atoms with Crippen LogP contribution in [0.2, 0.25) is 0 Å². The van der Waals surface area contributed by atoms with E-state index in [9.17, 15) is 13.9 Å². The minimum Gasteiger partial charge on any atom is -0.387 e. The van der Waals surface area contributed by atoms with Gasteiger partial charge in [-0.05, 0) is 24.6 Å². The first kappa shape index (κ1) is 11.6. The van der Waals surface area contributed by atoms with Crippen molar-refractivity contribution in [1.29, 1.82) is 0 Å². The van der Waals surface area contributed by atoms with Crippen LogP contribution in [0.4, 0.5) is 8.78 Å². The molecule has 2 nitrogen and oxygen atoms in total. The number of hydrogen-bond donors (Lipinski definition) is 2. The van der Waals surface area contributed by atoms with Crippen LogP contribution >= 0.6 is 15.9 Å². The highest BCUT2D eigenvalue weighted by atomic mass is 79.9. The van der Waals surface area contributed by atoms with Gasteiger partial charge in [-0.1, -0.05) is 15.9 Å². The SMILES string of the molecule is C[C@H](N)[C@H](O)c1cc(F)c(F)cc1Br. The smallest absolute Gasteiger partial charge is 0.159 e. The monoisotopic (exact) mass is 265 g/mol. The summed E-state index contributed by atoms with van der Waals surface area (Å²) in [5.74, 6) is -1.96. The highest BCUT2D eigenvalue weighted by Crippen LogP contribution is 2.27. The molecule has 0 saturated carbocycles. The molecular formula is C9H10BrF2NO. The van der Waals surface area contributed by atoms with E-state index in [4.69, 9.17) is 5.73 Å². The van der Waals surface area contributed by atoms with Crippen LogP contribution in [0.1, 0.15) is 18.6 Å². The molecule has 0 aliphatic carbocycles. The lowest BCUT2D eigenvalue weighted by atomic mass is 10.0. The summed E-state index contributed by atoms with van der Waals surface area (Å²) in [4.78, 5) is 0. The second-order valence-electron chi connectivity index (χ2n) is 3.09. The molecule has 0 saturated heterocycles. The van der Waals surface area contributed by atoms with Crippen LogP contribution in [-0.2, 0) is 0 Å². The average Bonchev–Trinajstić information content (AvgIpc) is 2.10. The maximum atomic E-state index is 12.8. The normalized spacial score (nSPS) is 15.3. The van der Waals surface area contributed by atoms with Gasteiger partial charge in [0.2, 0.25) is 0 Å². The van der Waals surface area contributed by atoms with Crippen LogP contribution in [0.15, 0.2) is 16.6 Å². The zero-order valence-corrected chi connectivity index (χ0v) is 9.05. The Labute approximate surface area is 88.9 Å². The lowest BCUT2D eigenvalue weighted by Gasteiger charge is -2.16. The van der Waals surface area contributed by atoms with Crippen molar-refractivity contribution in [1.82, 2.24) is 0 Å². The molecule has 0 amide bonds. The first-order valence-corrected chi connectivity index (χ1v) is 4.81. The van der Waals surface area contributed by atoms with Gasteiger partial charge in [-0.3, -0.25) is 0 Å². The molecule has 5 heteroatoms. The number of benzene rings is 1. The minimum absolute atomic E-state index is 0.249. The van der Waals surface area contributed by atoms with Crippen molar-refractivity contribution >= 4 is 15.9 Å².